The highest BCUT2D eigenvalue weighted by Crippen LogP contribution is 2.29. The van der Waals surface area contributed by atoms with Crippen molar-refractivity contribution in [2.24, 2.45) is 5.16 Å². The molecule has 0 bridgehead atoms. The summed E-state index contributed by atoms with van der Waals surface area (Å²) in [5.74, 6) is -1.13. The number of aromatic nitrogens is 2. The Hall–Kier alpha value is -3.55. The monoisotopic (exact) mass is 396 g/mol. The fourth-order valence-electron chi connectivity index (χ4n) is 3.06. The van der Waals surface area contributed by atoms with E-state index in [1.807, 2.05) is 0 Å². The molecule has 2 heterocycles. The summed E-state index contributed by atoms with van der Waals surface area (Å²) in [6.07, 6.45) is 3.32. The summed E-state index contributed by atoms with van der Waals surface area (Å²) in [5.41, 5.74) is 0.808. The first-order valence-corrected chi connectivity index (χ1v) is 9.01. The molecule has 0 spiro atoms. The summed E-state index contributed by atoms with van der Waals surface area (Å²) in [6.45, 7) is 2.03. The second-order valence-electron chi connectivity index (χ2n) is 7.02. The topological polar surface area (TPSA) is 68.5 Å². The zero-order chi connectivity index (χ0) is 20.4. The largest absolute Gasteiger partial charge is 0.379 e. The molecule has 8 heteroatoms. The van der Waals surface area contributed by atoms with Crippen LogP contribution in [0.25, 0.3) is 0 Å². The molecule has 6 nitrogen and oxygen atoms in total. The summed E-state index contributed by atoms with van der Waals surface area (Å²) in [6, 6.07) is 12.3. The number of nitrogens with one attached hydrogen (secondary N) is 1. The number of oxime groups is 1. The number of amides is 1. The first kappa shape index (κ1) is 18.8. The second-order valence-corrected chi connectivity index (χ2v) is 7.02. The number of carbonyl (C=O) groups excluding carboxylic acids is 1. The Balaban J connectivity index is 1.40. The van der Waals surface area contributed by atoms with E-state index in [0.717, 1.165) is 5.56 Å². The molecule has 29 heavy (non-hydrogen) atoms. The Morgan fingerprint density at radius 2 is 1.97 bits per heavy atom. The minimum absolute atomic E-state index is 0.142. The third-order valence-corrected chi connectivity index (χ3v) is 4.68. The van der Waals surface area contributed by atoms with Crippen molar-refractivity contribution in [3.05, 3.63) is 83.7 Å². The van der Waals surface area contributed by atoms with Gasteiger partial charge in [-0.05, 0) is 30.7 Å². The molecular formula is C21H18F2N4O2. The van der Waals surface area contributed by atoms with E-state index in [0.29, 0.717) is 23.5 Å². The standard InChI is InChI=1S/C21H18F2N4O2/c1-21(10-19(26-29-21)17-4-2-3-5-18(17)23)20(28)25-16-11-24-27(13-16)12-14-6-8-15(22)9-7-14/h2-9,11,13H,10,12H2,1H3,(H,25,28). The van der Waals surface area contributed by atoms with Crippen LogP contribution in [-0.2, 0) is 16.2 Å². The summed E-state index contributed by atoms with van der Waals surface area (Å²) < 4.78 is 28.6. The van der Waals surface area contributed by atoms with Crippen LogP contribution in [0.2, 0.25) is 0 Å². The van der Waals surface area contributed by atoms with Gasteiger partial charge < -0.3 is 10.2 Å². The van der Waals surface area contributed by atoms with Crippen LogP contribution in [-0.4, -0.2) is 27.0 Å². The van der Waals surface area contributed by atoms with Crippen molar-refractivity contribution in [2.45, 2.75) is 25.5 Å². The van der Waals surface area contributed by atoms with Crippen molar-refractivity contribution in [3.63, 3.8) is 0 Å². The van der Waals surface area contributed by atoms with Crippen LogP contribution in [0.1, 0.15) is 24.5 Å². The van der Waals surface area contributed by atoms with Crippen LogP contribution >= 0.6 is 0 Å². The van der Waals surface area contributed by atoms with Gasteiger partial charge in [0.05, 0.1) is 24.1 Å². The van der Waals surface area contributed by atoms with Crippen molar-refractivity contribution in [1.82, 2.24) is 9.78 Å². The van der Waals surface area contributed by atoms with Gasteiger partial charge in [0, 0.05) is 18.2 Å². The Morgan fingerprint density at radius 1 is 1.21 bits per heavy atom. The highest BCUT2D eigenvalue weighted by atomic mass is 19.1. The van der Waals surface area contributed by atoms with Crippen molar-refractivity contribution >= 4 is 17.3 Å². The zero-order valence-corrected chi connectivity index (χ0v) is 15.6. The minimum Gasteiger partial charge on any atom is -0.379 e. The molecule has 0 saturated carbocycles. The van der Waals surface area contributed by atoms with Crippen molar-refractivity contribution in [3.8, 4) is 0 Å². The molecule has 4 rings (SSSR count). The number of hydrogen-bond donors (Lipinski definition) is 1. The van der Waals surface area contributed by atoms with Gasteiger partial charge in [0.1, 0.15) is 11.6 Å². The quantitative estimate of drug-likeness (QED) is 0.715. The molecule has 0 radical (unpaired) electrons. The van der Waals surface area contributed by atoms with E-state index in [1.54, 1.807) is 48.1 Å². The maximum absolute atomic E-state index is 14.0. The Kier molecular flexibility index (Phi) is 4.84. The summed E-state index contributed by atoms with van der Waals surface area (Å²) in [7, 11) is 0. The zero-order valence-electron chi connectivity index (χ0n) is 15.6. The Labute approximate surface area is 165 Å². The average molecular weight is 396 g/mol. The van der Waals surface area contributed by atoms with Gasteiger partial charge in [-0.3, -0.25) is 9.48 Å². The minimum atomic E-state index is -1.25. The molecule has 1 atom stereocenters. The Bertz CT molecular complexity index is 1080. The van der Waals surface area contributed by atoms with E-state index in [-0.39, 0.29) is 12.2 Å². The Morgan fingerprint density at radius 3 is 2.72 bits per heavy atom. The lowest BCUT2D eigenvalue weighted by molar-refractivity contribution is -0.135. The lowest BCUT2D eigenvalue weighted by atomic mass is 9.95. The molecule has 1 aliphatic heterocycles. The number of nitrogens with zero attached hydrogens (tertiary/aromatic N) is 3. The predicted molar refractivity (Wildman–Crippen MR) is 103 cm³/mol. The number of halogens is 2. The van der Waals surface area contributed by atoms with Crippen molar-refractivity contribution in [2.75, 3.05) is 5.32 Å². The number of benzene rings is 2. The number of hydrogen-bond acceptors (Lipinski definition) is 4. The van der Waals surface area contributed by atoms with E-state index in [1.165, 1.54) is 24.4 Å². The number of anilines is 1. The summed E-state index contributed by atoms with van der Waals surface area (Å²) in [5, 5.41) is 10.9. The molecule has 148 valence electrons. The lowest BCUT2D eigenvalue weighted by Gasteiger charge is -2.19. The molecule has 1 N–H and O–H groups in total. The smallest absolute Gasteiger partial charge is 0.271 e. The fraction of sp³-hybridized carbons (Fsp3) is 0.190. The number of carbonyl (C=O) groups is 1. The molecule has 2 aromatic carbocycles. The van der Waals surface area contributed by atoms with Gasteiger partial charge in [-0.15, -0.1) is 0 Å². The molecule has 1 aliphatic rings. The fourth-order valence-corrected chi connectivity index (χ4v) is 3.06. The molecule has 0 fully saturated rings. The lowest BCUT2D eigenvalue weighted by Crippen LogP contribution is -2.40. The average Bonchev–Trinajstić information content (AvgIpc) is 3.31. The van der Waals surface area contributed by atoms with Crippen LogP contribution in [0.4, 0.5) is 14.5 Å². The molecule has 1 aromatic heterocycles. The molecule has 0 aliphatic carbocycles. The molecule has 0 saturated heterocycles. The normalized spacial score (nSPS) is 18.2. The van der Waals surface area contributed by atoms with Crippen LogP contribution < -0.4 is 5.32 Å². The van der Waals surface area contributed by atoms with Gasteiger partial charge in [-0.25, -0.2) is 8.78 Å². The SMILES string of the molecule is CC1(C(=O)Nc2cnn(Cc3ccc(F)cc3)c2)CC(c2ccccc2F)=NO1. The van der Waals surface area contributed by atoms with Crippen LogP contribution in [0, 0.1) is 11.6 Å². The summed E-state index contributed by atoms with van der Waals surface area (Å²) in [4.78, 5) is 18.1. The van der Waals surface area contributed by atoms with E-state index in [9.17, 15) is 13.6 Å². The first-order valence-electron chi connectivity index (χ1n) is 9.01. The summed E-state index contributed by atoms with van der Waals surface area (Å²) >= 11 is 0. The van der Waals surface area contributed by atoms with Gasteiger partial charge >= 0.3 is 0 Å². The van der Waals surface area contributed by atoms with E-state index in [4.69, 9.17) is 4.84 Å². The number of rotatable bonds is 5. The molecule has 1 amide bonds. The van der Waals surface area contributed by atoms with E-state index < -0.39 is 17.3 Å². The highest BCUT2D eigenvalue weighted by Gasteiger charge is 2.42. The molecule has 3 aromatic rings. The van der Waals surface area contributed by atoms with Crippen LogP contribution in [0.5, 0.6) is 0 Å². The molecule has 1 unspecified atom stereocenters. The van der Waals surface area contributed by atoms with Gasteiger partial charge in [0.2, 0.25) is 5.60 Å². The first-order chi connectivity index (χ1) is 13.9. The molecular weight excluding hydrogens is 378 g/mol. The van der Waals surface area contributed by atoms with Gasteiger partial charge in [-0.2, -0.15) is 5.10 Å². The predicted octanol–water partition coefficient (Wildman–Crippen LogP) is 3.73. The third kappa shape index (κ3) is 4.01. The van der Waals surface area contributed by atoms with Crippen molar-refractivity contribution < 1.29 is 18.4 Å². The maximum Gasteiger partial charge on any atom is 0.271 e. The van der Waals surface area contributed by atoms with Gasteiger partial charge in [0.15, 0.2) is 0 Å². The highest BCUT2D eigenvalue weighted by molar-refractivity contribution is 6.07. The third-order valence-electron chi connectivity index (χ3n) is 4.68. The van der Waals surface area contributed by atoms with Crippen LogP contribution in [0.3, 0.4) is 0 Å². The second kappa shape index (κ2) is 7.46. The van der Waals surface area contributed by atoms with Gasteiger partial charge in [-0.1, -0.05) is 35.5 Å². The van der Waals surface area contributed by atoms with Gasteiger partial charge in [0.25, 0.3) is 5.91 Å². The van der Waals surface area contributed by atoms with E-state index in [2.05, 4.69) is 15.6 Å². The van der Waals surface area contributed by atoms with Crippen molar-refractivity contribution in [1.29, 1.82) is 0 Å². The maximum atomic E-state index is 14.0. The van der Waals surface area contributed by atoms with E-state index >= 15 is 0 Å². The van der Waals surface area contributed by atoms with Crippen LogP contribution in [0.15, 0.2) is 66.1 Å².